The molecule has 0 spiro atoms. The van der Waals surface area contributed by atoms with E-state index in [1.165, 1.54) is 18.2 Å². The number of rotatable bonds is 5. The number of hydrogen-bond donors (Lipinski definition) is 3. The second-order valence-electron chi connectivity index (χ2n) is 4.26. The van der Waals surface area contributed by atoms with Gasteiger partial charge in [0, 0.05) is 17.4 Å². The normalized spacial score (nSPS) is 12.2. The van der Waals surface area contributed by atoms with Crippen LogP contribution in [-0.2, 0) is 0 Å². The third kappa shape index (κ3) is 3.04. The molecule has 20 heavy (non-hydrogen) atoms. The van der Waals surface area contributed by atoms with Gasteiger partial charge in [-0.05, 0) is 36.8 Å². The summed E-state index contributed by atoms with van der Waals surface area (Å²) in [4.78, 5) is 4.09. The molecule has 5 N–H and O–H groups in total. The number of aromatic nitrogens is 1. The van der Waals surface area contributed by atoms with Gasteiger partial charge in [-0.25, -0.2) is 9.82 Å². The van der Waals surface area contributed by atoms with E-state index in [0.717, 1.165) is 5.56 Å². The van der Waals surface area contributed by atoms with Crippen molar-refractivity contribution in [2.24, 2.45) is 5.84 Å². The maximum absolute atomic E-state index is 13.4. The molecule has 1 unspecified atom stereocenters. The van der Waals surface area contributed by atoms with Gasteiger partial charge in [-0.2, -0.15) is 0 Å². The van der Waals surface area contributed by atoms with Gasteiger partial charge in [-0.15, -0.1) is 0 Å². The highest BCUT2D eigenvalue weighted by Crippen LogP contribution is 2.28. The van der Waals surface area contributed by atoms with Crippen LogP contribution in [0.3, 0.4) is 0 Å². The Labute approximate surface area is 116 Å². The second-order valence-corrected chi connectivity index (χ2v) is 4.26. The number of nitrogens with one attached hydrogen (secondary N) is 1. The fraction of sp³-hybridized carbons (Fsp3) is 0.214. The van der Waals surface area contributed by atoms with E-state index in [1.807, 2.05) is 6.92 Å². The molecule has 0 bridgehead atoms. The molecular formula is C14H17FN4O. The van der Waals surface area contributed by atoms with Gasteiger partial charge in [0.2, 0.25) is 0 Å². The fourth-order valence-corrected chi connectivity index (χ4v) is 2.00. The van der Waals surface area contributed by atoms with Crippen molar-refractivity contribution < 1.29 is 9.13 Å². The highest BCUT2D eigenvalue weighted by atomic mass is 19.1. The van der Waals surface area contributed by atoms with Crippen molar-refractivity contribution in [1.29, 1.82) is 0 Å². The highest BCUT2D eigenvalue weighted by Gasteiger charge is 2.17. The number of pyridine rings is 1. The topological polar surface area (TPSA) is 86.2 Å². The van der Waals surface area contributed by atoms with Crippen molar-refractivity contribution in [2.45, 2.75) is 13.0 Å². The van der Waals surface area contributed by atoms with Crippen LogP contribution in [0.2, 0.25) is 0 Å². The number of benzene rings is 1. The van der Waals surface area contributed by atoms with E-state index in [9.17, 15) is 4.39 Å². The first-order valence-electron chi connectivity index (χ1n) is 6.24. The zero-order valence-corrected chi connectivity index (χ0v) is 11.1. The highest BCUT2D eigenvalue weighted by molar-refractivity contribution is 5.51. The molecule has 0 aliphatic carbocycles. The number of ether oxygens (including phenoxy) is 1. The minimum absolute atomic E-state index is 0.372. The second kappa shape index (κ2) is 6.31. The van der Waals surface area contributed by atoms with Crippen LogP contribution in [-0.4, -0.2) is 11.6 Å². The molecule has 0 fully saturated rings. The Morgan fingerprint density at radius 1 is 1.35 bits per heavy atom. The molecule has 0 aliphatic heterocycles. The standard InChI is InChI=1S/C14H17FN4O/c1-2-20-11-5-9(7-18-8-11)14(19-17)12-6-10(15)3-4-13(12)16/h3-8,14,19H,2,16-17H2,1H3. The average Bonchev–Trinajstić information content (AvgIpc) is 2.44. The number of nitrogen functional groups attached to an aromatic ring is 1. The van der Waals surface area contributed by atoms with E-state index in [1.54, 1.807) is 18.5 Å². The largest absolute Gasteiger partial charge is 0.492 e. The number of nitrogens with two attached hydrogens (primary N) is 2. The summed E-state index contributed by atoms with van der Waals surface area (Å²) >= 11 is 0. The van der Waals surface area contributed by atoms with Crippen LogP contribution in [0.25, 0.3) is 0 Å². The van der Waals surface area contributed by atoms with Gasteiger partial charge in [0.25, 0.3) is 0 Å². The molecule has 2 aromatic rings. The van der Waals surface area contributed by atoms with E-state index in [2.05, 4.69) is 10.4 Å². The molecule has 1 aromatic carbocycles. The molecule has 1 atom stereocenters. The number of hydrazine groups is 1. The molecule has 0 aliphatic rings. The Morgan fingerprint density at radius 2 is 2.15 bits per heavy atom. The van der Waals surface area contributed by atoms with Gasteiger partial charge in [-0.3, -0.25) is 10.8 Å². The van der Waals surface area contributed by atoms with Crippen molar-refractivity contribution in [3.8, 4) is 5.75 Å². The summed E-state index contributed by atoms with van der Waals surface area (Å²) in [6.45, 7) is 2.42. The van der Waals surface area contributed by atoms with Gasteiger partial charge in [0.1, 0.15) is 11.6 Å². The summed E-state index contributed by atoms with van der Waals surface area (Å²) in [5.74, 6) is 5.84. The van der Waals surface area contributed by atoms with Crippen molar-refractivity contribution in [2.75, 3.05) is 12.3 Å². The van der Waals surface area contributed by atoms with E-state index in [-0.39, 0.29) is 5.82 Å². The minimum Gasteiger partial charge on any atom is -0.492 e. The number of hydrogen-bond acceptors (Lipinski definition) is 5. The third-order valence-corrected chi connectivity index (χ3v) is 2.91. The van der Waals surface area contributed by atoms with Gasteiger partial charge in [0.05, 0.1) is 18.8 Å². The minimum atomic E-state index is -0.460. The summed E-state index contributed by atoms with van der Waals surface area (Å²) in [6, 6.07) is 5.51. The van der Waals surface area contributed by atoms with Gasteiger partial charge >= 0.3 is 0 Å². The fourth-order valence-electron chi connectivity index (χ4n) is 2.00. The van der Waals surface area contributed by atoms with E-state index in [4.69, 9.17) is 16.3 Å². The van der Waals surface area contributed by atoms with Gasteiger partial charge < -0.3 is 10.5 Å². The molecule has 1 heterocycles. The maximum atomic E-state index is 13.4. The summed E-state index contributed by atoms with van der Waals surface area (Å²) in [6.07, 6.45) is 3.24. The lowest BCUT2D eigenvalue weighted by molar-refractivity contribution is 0.338. The third-order valence-electron chi connectivity index (χ3n) is 2.91. The van der Waals surface area contributed by atoms with E-state index >= 15 is 0 Å². The first kappa shape index (κ1) is 14.2. The Bertz CT molecular complexity index is 591. The van der Waals surface area contributed by atoms with Crippen molar-refractivity contribution in [1.82, 2.24) is 10.4 Å². The first-order valence-corrected chi connectivity index (χ1v) is 6.24. The van der Waals surface area contributed by atoms with Crippen LogP contribution in [0, 0.1) is 5.82 Å². The Morgan fingerprint density at radius 3 is 2.85 bits per heavy atom. The molecule has 0 saturated carbocycles. The Kier molecular flexibility index (Phi) is 4.49. The van der Waals surface area contributed by atoms with Crippen LogP contribution >= 0.6 is 0 Å². The Balaban J connectivity index is 2.41. The van der Waals surface area contributed by atoms with Crippen LogP contribution < -0.4 is 21.7 Å². The van der Waals surface area contributed by atoms with Crippen molar-refractivity contribution >= 4 is 5.69 Å². The predicted octanol–water partition coefficient (Wildman–Crippen LogP) is 1.75. The summed E-state index contributed by atoms with van der Waals surface area (Å²) in [5.41, 5.74) is 10.3. The lowest BCUT2D eigenvalue weighted by Gasteiger charge is -2.19. The smallest absolute Gasteiger partial charge is 0.137 e. The molecule has 0 amide bonds. The van der Waals surface area contributed by atoms with E-state index < -0.39 is 6.04 Å². The number of halogens is 1. The van der Waals surface area contributed by atoms with E-state index in [0.29, 0.717) is 23.6 Å². The average molecular weight is 276 g/mol. The van der Waals surface area contributed by atoms with Crippen LogP contribution in [0.4, 0.5) is 10.1 Å². The zero-order valence-electron chi connectivity index (χ0n) is 11.1. The lowest BCUT2D eigenvalue weighted by atomic mass is 9.99. The zero-order chi connectivity index (χ0) is 14.5. The maximum Gasteiger partial charge on any atom is 0.137 e. The molecular weight excluding hydrogens is 259 g/mol. The Hall–Kier alpha value is -2.18. The van der Waals surface area contributed by atoms with Crippen LogP contribution in [0.1, 0.15) is 24.1 Å². The van der Waals surface area contributed by atoms with Crippen molar-refractivity contribution in [3.05, 3.63) is 53.6 Å². The molecule has 1 aromatic heterocycles. The summed E-state index contributed by atoms with van der Waals surface area (Å²) in [7, 11) is 0. The quantitative estimate of drug-likeness (QED) is 0.440. The summed E-state index contributed by atoms with van der Waals surface area (Å²) in [5, 5.41) is 0. The first-order chi connectivity index (χ1) is 9.65. The van der Waals surface area contributed by atoms with Crippen molar-refractivity contribution in [3.63, 3.8) is 0 Å². The molecule has 106 valence electrons. The monoisotopic (exact) mass is 276 g/mol. The number of anilines is 1. The molecule has 5 nitrogen and oxygen atoms in total. The van der Waals surface area contributed by atoms with Gasteiger partial charge in [0.15, 0.2) is 0 Å². The van der Waals surface area contributed by atoms with Gasteiger partial charge in [-0.1, -0.05) is 0 Å². The van der Waals surface area contributed by atoms with Crippen LogP contribution in [0.15, 0.2) is 36.7 Å². The number of nitrogens with zero attached hydrogens (tertiary/aromatic N) is 1. The summed E-state index contributed by atoms with van der Waals surface area (Å²) < 4.78 is 18.8. The lowest BCUT2D eigenvalue weighted by Crippen LogP contribution is -2.29. The molecule has 0 saturated heterocycles. The predicted molar refractivity (Wildman–Crippen MR) is 75.4 cm³/mol. The van der Waals surface area contributed by atoms with Crippen LogP contribution in [0.5, 0.6) is 5.75 Å². The molecule has 0 radical (unpaired) electrons. The molecule has 2 rings (SSSR count). The SMILES string of the molecule is CCOc1cncc(C(NN)c2cc(F)ccc2N)c1. The molecule has 6 heteroatoms.